The number of hydrogen-bond donors (Lipinski definition) is 0. The number of nitriles is 1. The predicted molar refractivity (Wildman–Crippen MR) is 310 cm³/mol. The van der Waals surface area contributed by atoms with Crippen LogP contribution in [-0.4, -0.2) is 9.13 Å². The highest BCUT2D eigenvalue weighted by Crippen LogP contribution is 2.45. The average molecular weight is 940 g/mol. The lowest BCUT2D eigenvalue weighted by atomic mass is 9.95. The van der Waals surface area contributed by atoms with E-state index in [1.165, 1.54) is 111 Å². The predicted octanol–water partition coefficient (Wildman–Crippen LogP) is 18.9. The second-order valence-electron chi connectivity index (χ2n) is 20.7. The molecule has 0 spiro atoms. The fourth-order valence-corrected chi connectivity index (χ4v) is 12.0. The molecule has 0 saturated carbocycles. The average Bonchev–Trinajstić information content (AvgIpc) is 3.87. The number of nitrogens with zero attached hydrogens (tertiary/aromatic N) is 3. The summed E-state index contributed by atoms with van der Waals surface area (Å²) in [4.78, 5) is 0. The van der Waals surface area contributed by atoms with Crippen molar-refractivity contribution in [1.29, 1.82) is 5.26 Å². The van der Waals surface area contributed by atoms with Crippen LogP contribution in [0.4, 0.5) is 0 Å². The van der Waals surface area contributed by atoms with Gasteiger partial charge in [-0.1, -0.05) is 138 Å². The Hall–Kier alpha value is -8.71. The van der Waals surface area contributed by atoms with Crippen molar-refractivity contribution >= 4 is 43.6 Å². The molecule has 0 amide bonds. The molecule has 12 aromatic rings. The van der Waals surface area contributed by atoms with Gasteiger partial charge in [-0.2, -0.15) is 5.26 Å². The molecule has 0 N–H and O–H groups in total. The summed E-state index contributed by atoms with van der Waals surface area (Å²) in [5.41, 5.74) is 30.4. The summed E-state index contributed by atoms with van der Waals surface area (Å²) in [6.07, 6.45) is 0. The van der Waals surface area contributed by atoms with Gasteiger partial charge in [0.1, 0.15) is 0 Å². The van der Waals surface area contributed by atoms with Gasteiger partial charge in [0.2, 0.25) is 0 Å². The zero-order valence-electron chi connectivity index (χ0n) is 43.2. The quantitative estimate of drug-likeness (QED) is 0.157. The second-order valence-corrected chi connectivity index (χ2v) is 20.7. The third-order valence-corrected chi connectivity index (χ3v) is 15.5. The van der Waals surface area contributed by atoms with E-state index in [9.17, 15) is 5.26 Å². The Balaban J connectivity index is 1.17. The largest absolute Gasteiger partial charge is 0.309 e. The van der Waals surface area contributed by atoms with Crippen molar-refractivity contribution in [3.05, 3.63) is 238 Å². The van der Waals surface area contributed by atoms with E-state index in [2.05, 4.69) is 241 Å². The third-order valence-electron chi connectivity index (χ3n) is 15.5. The van der Waals surface area contributed by atoms with Crippen LogP contribution in [0.25, 0.3) is 111 Å². The van der Waals surface area contributed by atoms with E-state index in [4.69, 9.17) is 0 Å². The lowest BCUT2D eigenvalue weighted by Gasteiger charge is -2.21. The van der Waals surface area contributed by atoms with Crippen LogP contribution >= 0.6 is 0 Å². The minimum atomic E-state index is 0.630. The SMILES string of the molecule is Cc1ccc(-c2ccc3c(c2)c2cc(-c4ccc(C)cc4C)ccc2n3-c2ccc(-c3cccc(C#N)c3)c(-n3c4ccc(-c5ccc(C)cc5C)cc4c4cc(-c5ccc(C)cc5C)ccc43)c2C)c(C)c1. The van der Waals surface area contributed by atoms with E-state index in [1.54, 1.807) is 0 Å². The molecule has 12 rings (SSSR count). The van der Waals surface area contributed by atoms with E-state index >= 15 is 0 Å². The number of fused-ring (bicyclic) bond motifs is 6. The highest BCUT2D eigenvalue weighted by atomic mass is 15.0. The summed E-state index contributed by atoms with van der Waals surface area (Å²) < 4.78 is 4.99. The molecule has 2 aromatic heterocycles. The molecule has 0 radical (unpaired) electrons. The summed E-state index contributed by atoms with van der Waals surface area (Å²) in [5.74, 6) is 0. The molecule has 352 valence electrons. The van der Waals surface area contributed by atoms with Gasteiger partial charge in [0.15, 0.2) is 0 Å². The summed E-state index contributed by atoms with van der Waals surface area (Å²) >= 11 is 0. The van der Waals surface area contributed by atoms with Crippen molar-refractivity contribution in [2.24, 2.45) is 0 Å². The molecule has 0 bridgehead atoms. The zero-order valence-corrected chi connectivity index (χ0v) is 43.2. The first-order valence-corrected chi connectivity index (χ1v) is 25.5. The van der Waals surface area contributed by atoms with Gasteiger partial charge in [-0.15, -0.1) is 0 Å². The molecule has 2 heterocycles. The number of aromatic nitrogens is 2. The fourth-order valence-electron chi connectivity index (χ4n) is 12.0. The van der Waals surface area contributed by atoms with Gasteiger partial charge in [-0.3, -0.25) is 0 Å². The Kier molecular flexibility index (Phi) is 10.9. The Morgan fingerprint density at radius 3 is 1.01 bits per heavy atom. The Bertz CT molecular complexity index is 4100. The van der Waals surface area contributed by atoms with Crippen molar-refractivity contribution in [3.8, 4) is 73.1 Å². The van der Waals surface area contributed by atoms with Crippen LogP contribution in [-0.2, 0) is 0 Å². The van der Waals surface area contributed by atoms with Crippen LogP contribution in [0.3, 0.4) is 0 Å². The molecule has 0 saturated heterocycles. The maximum Gasteiger partial charge on any atom is 0.0991 e. The van der Waals surface area contributed by atoms with Gasteiger partial charge < -0.3 is 9.13 Å². The van der Waals surface area contributed by atoms with Crippen LogP contribution in [0, 0.1) is 73.6 Å². The van der Waals surface area contributed by atoms with Crippen LogP contribution in [0.5, 0.6) is 0 Å². The van der Waals surface area contributed by atoms with E-state index < -0.39 is 0 Å². The molecular weight excluding hydrogens is 883 g/mol. The topological polar surface area (TPSA) is 33.6 Å². The first kappa shape index (κ1) is 45.4. The number of rotatable bonds is 7. The minimum absolute atomic E-state index is 0.630. The Morgan fingerprint density at radius 1 is 0.315 bits per heavy atom. The van der Waals surface area contributed by atoms with E-state index in [-0.39, 0.29) is 0 Å². The van der Waals surface area contributed by atoms with Crippen molar-refractivity contribution in [3.63, 3.8) is 0 Å². The van der Waals surface area contributed by atoms with Crippen molar-refractivity contribution in [2.45, 2.75) is 62.3 Å². The number of hydrogen-bond acceptors (Lipinski definition) is 1. The monoisotopic (exact) mass is 939 g/mol. The number of aryl methyl sites for hydroxylation is 8. The van der Waals surface area contributed by atoms with E-state index in [0.717, 1.165) is 50.1 Å². The second kappa shape index (κ2) is 17.5. The molecule has 10 aromatic carbocycles. The third kappa shape index (κ3) is 7.65. The molecule has 0 aliphatic carbocycles. The normalized spacial score (nSPS) is 11.6. The summed E-state index contributed by atoms with van der Waals surface area (Å²) in [6.45, 7) is 19.8. The number of benzene rings is 10. The van der Waals surface area contributed by atoms with Gasteiger partial charge in [0, 0.05) is 27.1 Å². The minimum Gasteiger partial charge on any atom is -0.309 e. The highest BCUT2D eigenvalue weighted by molar-refractivity contribution is 6.14. The van der Waals surface area contributed by atoms with Gasteiger partial charge >= 0.3 is 0 Å². The van der Waals surface area contributed by atoms with Crippen LogP contribution in [0.1, 0.15) is 55.6 Å². The van der Waals surface area contributed by atoms with E-state index in [0.29, 0.717) is 5.56 Å². The van der Waals surface area contributed by atoms with Crippen LogP contribution in [0.2, 0.25) is 0 Å². The summed E-state index contributed by atoms with van der Waals surface area (Å²) in [6, 6.07) is 70.3. The molecule has 0 atom stereocenters. The lowest BCUT2D eigenvalue weighted by Crippen LogP contribution is -2.06. The summed E-state index contributed by atoms with van der Waals surface area (Å²) in [7, 11) is 0. The van der Waals surface area contributed by atoms with Gasteiger partial charge in [0.05, 0.1) is 45.1 Å². The Morgan fingerprint density at radius 2 is 0.658 bits per heavy atom. The first-order valence-electron chi connectivity index (χ1n) is 25.5. The maximum atomic E-state index is 10.3. The van der Waals surface area contributed by atoms with Gasteiger partial charge in [-0.25, -0.2) is 0 Å². The molecule has 0 unspecified atom stereocenters. The van der Waals surface area contributed by atoms with Gasteiger partial charge in [0.25, 0.3) is 0 Å². The Labute approximate surface area is 428 Å². The molecule has 0 aliphatic rings. The van der Waals surface area contributed by atoms with Crippen molar-refractivity contribution < 1.29 is 0 Å². The zero-order chi connectivity index (χ0) is 50.4. The molecule has 3 heteroatoms. The van der Waals surface area contributed by atoms with Crippen molar-refractivity contribution in [1.82, 2.24) is 9.13 Å². The smallest absolute Gasteiger partial charge is 0.0991 e. The fraction of sp³-hybridized carbons (Fsp3) is 0.129. The highest BCUT2D eigenvalue weighted by Gasteiger charge is 2.24. The molecular formula is C70H57N3. The molecule has 0 aliphatic heterocycles. The van der Waals surface area contributed by atoms with Crippen molar-refractivity contribution in [2.75, 3.05) is 0 Å². The van der Waals surface area contributed by atoms with Crippen LogP contribution in [0.15, 0.2) is 182 Å². The first-order chi connectivity index (χ1) is 35.3. The summed E-state index contributed by atoms with van der Waals surface area (Å²) in [5, 5.41) is 15.1. The molecule has 3 nitrogen and oxygen atoms in total. The maximum absolute atomic E-state index is 10.3. The lowest BCUT2D eigenvalue weighted by molar-refractivity contribution is 1.10. The standard InChI is InChI=1S/C70H57N3/c1-41-13-21-56(45(5)31-41)52-17-26-66-61(36-52)62-37-53(57-22-14-42(2)32-46(57)6)18-27-67(62)72(66)65-30-25-60(51-12-10-11-50(35-51)40-71)70(49(65)9)73-68-28-19-54(58-23-15-43(3)33-47(58)7)38-63(68)64-39-55(20-29-69(64)73)59-24-16-44(4)34-48(59)8/h10-39H,1-9H3. The molecule has 73 heavy (non-hydrogen) atoms. The van der Waals surface area contributed by atoms with E-state index in [1.807, 2.05) is 18.2 Å². The molecule has 0 fully saturated rings. The van der Waals surface area contributed by atoms with Crippen LogP contribution < -0.4 is 0 Å². The van der Waals surface area contributed by atoms with Gasteiger partial charge in [-0.05, 0) is 207 Å².